The smallest absolute Gasteiger partial charge is 0.123 e. The molecule has 1 heterocycles. The monoisotopic (exact) mass is 266 g/mol. The Hall–Kier alpha value is -1.13. The van der Waals surface area contributed by atoms with Crippen molar-refractivity contribution in [3.05, 3.63) is 30.1 Å². The minimum absolute atomic E-state index is 0.225. The van der Waals surface area contributed by atoms with Crippen molar-refractivity contribution in [1.82, 2.24) is 10.2 Å². The fourth-order valence-corrected chi connectivity index (χ4v) is 2.58. The van der Waals surface area contributed by atoms with Gasteiger partial charge in [-0.25, -0.2) is 4.39 Å². The quantitative estimate of drug-likeness (QED) is 0.855. The van der Waals surface area contributed by atoms with Gasteiger partial charge in [0.25, 0.3) is 0 Å². The average Bonchev–Trinajstić information content (AvgIpc) is 2.46. The van der Waals surface area contributed by atoms with E-state index < -0.39 is 0 Å². The van der Waals surface area contributed by atoms with E-state index in [0.717, 1.165) is 31.9 Å². The number of piperidine rings is 1. The maximum atomic E-state index is 12.8. The van der Waals surface area contributed by atoms with Crippen molar-refractivity contribution in [2.45, 2.75) is 25.8 Å². The van der Waals surface area contributed by atoms with Crippen LogP contribution in [0.3, 0.4) is 0 Å². The fourth-order valence-electron chi connectivity index (χ4n) is 2.58. The van der Waals surface area contributed by atoms with Crippen LogP contribution in [-0.2, 0) is 0 Å². The lowest BCUT2D eigenvalue weighted by Gasteiger charge is -2.33. The van der Waals surface area contributed by atoms with Crippen LogP contribution >= 0.6 is 0 Å². The highest BCUT2D eigenvalue weighted by Gasteiger charge is 2.19. The number of nitrogens with one attached hydrogen (secondary N) is 1. The van der Waals surface area contributed by atoms with Gasteiger partial charge in [-0.15, -0.1) is 0 Å². The highest BCUT2D eigenvalue weighted by molar-refractivity contribution is 5.21. The third-order valence-corrected chi connectivity index (χ3v) is 3.69. The van der Waals surface area contributed by atoms with Gasteiger partial charge in [-0.05, 0) is 56.7 Å². The van der Waals surface area contributed by atoms with Crippen molar-refractivity contribution in [1.29, 1.82) is 0 Å². The molecule has 2 rings (SSSR count). The second kappa shape index (κ2) is 7.46. The summed E-state index contributed by atoms with van der Waals surface area (Å²) < 4.78 is 18.4. The lowest BCUT2D eigenvalue weighted by Crippen LogP contribution is -2.44. The number of hydrogen-bond donors (Lipinski definition) is 1. The zero-order valence-corrected chi connectivity index (χ0v) is 11.6. The molecule has 0 amide bonds. The molecule has 0 saturated carbocycles. The number of nitrogens with zero attached hydrogens (tertiary/aromatic N) is 1. The number of ether oxygens (including phenoxy) is 1. The SMILES string of the molecule is CCN(CCOc1ccc(F)cc1)C1CCNCC1. The zero-order valence-electron chi connectivity index (χ0n) is 11.6. The third kappa shape index (κ3) is 4.48. The first kappa shape index (κ1) is 14.3. The van der Waals surface area contributed by atoms with Gasteiger partial charge in [0.05, 0.1) is 0 Å². The molecule has 4 heteroatoms. The first-order chi connectivity index (χ1) is 9.29. The van der Waals surface area contributed by atoms with Gasteiger partial charge in [0, 0.05) is 12.6 Å². The predicted octanol–water partition coefficient (Wildman–Crippen LogP) is 2.28. The second-order valence-corrected chi connectivity index (χ2v) is 4.91. The van der Waals surface area contributed by atoms with Crippen LogP contribution in [0.25, 0.3) is 0 Å². The molecule has 1 saturated heterocycles. The first-order valence-corrected chi connectivity index (χ1v) is 7.12. The molecule has 0 aromatic heterocycles. The van der Waals surface area contributed by atoms with Crippen LogP contribution in [0.1, 0.15) is 19.8 Å². The predicted molar refractivity (Wildman–Crippen MR) is 75.0 cm³/mol. The Balaban J connectivity index is 1.74. The van der Waals surface area contributed by atoms with E-state index >= 15 is 0 Å². The highest BCUT2D eigenvalue weighted by Crippen LogP contribution is 2.13. The fraction of sp³-hybridized carbons (Fsp3) is 0.600. The summed E-state index contributed by atoms with van der Waals surface area (Å²) in [6.07, 6.45) is 2.43. The van der Waals surface area contributed by atoms with Gasteiger partial charge in [-0.1, -0.05) is 6.92 Å². The highest BCUT2D eigenvalue weighted by atomic mass is 19.1. The number of rotatable bonds is 6. The van der Waals surface area contributed by atoms with Crippen molar-refractivity contribution in [3.63, 3.8) is 0 Å². The molecule has 1 aliphatic rings. The van der Waals surface area contributed by atoms with Gasteiger partial charge in [0.2, 0.25) is 0 Å². The van der Waals surface area contributed by atoms with Crippen LogP contribution < -0.4 is 10.1 Å². The molecular weight excluding hydrogens is 243 g/mol. The van der Waals surface area contributed by atoms with E-state index in [0.29, 0.717) is 12.6 Å². The maximum absolute atomic E-state index is 12.8. The van der Waals surface area contributed by atoms with Crippen LogP contribution in [0.5, 0.6) is 5.75 Å². The Kier molecular flexibility index (Phi) is 5.61. The van der Waals surface area contributed by atoms with Crippen LogP contribution in [0, 0.1) is 5.82 Å². The summed E-state index contributed by atoms with van der Waals surface area (Å²) >= 11 is 0. The lowest BCUT2D eigenvalue weighted by atomic mass is 10.1. The van der Waals surface area contributed by atoms with E-state index in [1.165, 1.54) is 25.0 Å². The minimum Gasteiger partial charge on any atom is -0.492 e. The topological polar surface area (TPSA) is 24.5 Å². The summed E-state index contributed by atoms with van der Waals surface area (Å²) in [5, 5.41) is 3.39. The summed E-state index contributed by atoms with van der Waals surface area (Å²) in [6, 6.07) is 6.88. The molecule has 0 aliphatic carbocycles. The van der Waals surface area contributed by atoms with Crippen LogP contribution in [0.4, 0.5) is 4.39 Å². The van der Waals surface area contributed by atoms with E-state index in [2.05, 4.69) is 17.1 Å². The molecule has 0 spiro atoms. The van der Waals surface area contributed by atoms with E-state index in [1.54, 1.807) is 12.1 Å². The zero-order chi connectivity index (χ0) is 13.5. The molecule has 0 unspecified atom stereocenters. The molecule has 0 bridgehead atoms. The first-order valence-electron chi connectivity index (χ1n) is 7.12. The Labute approximate surface area is 114 Å². The number of likely N-dealkylation sites (N-methyl/N-ethyl adjacent to an activating group) is 1. The molecule has 1 aromatic rings. The third-order valence-electron chi connectivity index (χ3n) is 3.69. The van der Waals surface area contributed by atoms with Crippen LogP contribution in [0.2, 0.25) is 0 Å². The molecule has 1 N–H and O–H groups in total. The van der Waals surface area contributed by atoms with Crippen molar-refractivity contribution < 1.29 is 9.13 Å². The van der Waals surface area contributed by atoms with E-state index in [4.69, 9.17) is 4.74 Å². The molecule has 1 aromatic carbocycles. The van der Waals surface area contributed by atoms with Gasteiger partial charge in [-0.3, -0.25) is 4.90 Å². The molecule has 19 heavy (non-hydrogen) atoms. The summed E-state index contributed by atoms with van der Waals surface area (Å²) in [5.41, 5.74) is 0. The Morgan fingerprint density at radius 3 is 2.58 bits per heavy atom. The van der Waals surface area contributed by atoms with E-state index in [-0.39, 0.29) is 5.82 Å². The van der Waals surface area contributed by atoms with Crippen molar-refractivity contribution in [3.8, 4) is 5.75 Å². The van der Waals surface area contributed by atoms with Gasteiger partial charge in [-0.2, -0.15) is 0 Å². The molecule has 3 nitrogen and oxygen atoms in total. The van der Waals surface area contributed by atoms with Gasteiger partial charge in [0.15, 0.2) is 0 Å². The minimum atomic E-state index is -0.225. The number of halogens is 1. The largest absolute Gasteiger partial charge is 0.492 e. The molecular formula is C15H23FN2O. The van der Waals surface area contributed by atoms with Crippen molar-refractivity contribution in [2.75, 3.05) is 32.8 Å². The second-order valence-electron chi connectivity index (χ2n) is 4.91. The molecule has 1 aliphatic heterocycles. The Morgan fingerprint density at radius 2 is 1.95 bits per heavy atom. The van der Waals surface area contributed by atoms with Crippen LogP contribution in [-0.4, -0.2) is 43.7 Å². The summed E-state index contributed by atoms with van der Waals surface area (Å²) in [5.74, 6) is 0.514. The molecule has 0 atom stereocenters. The Morgan fingerprint density at radius 1 is 1.26 bits per heavy atom. The van der Waals surface area contributed by atoms with E-state index in [9.17, 15) is 4.39 Å². The van der Waals surface area contributed by atoms with Crippen molar-refractivity contribution in [2.24, 2.45) is 0 Å². The standard InChI is InChI=1S/C15H23FN2O/c1-2-18(14-7-9-17-10-8-14)11-12-19-15-5-3-13(16)4-6-15/h3-6,14,17H,2,7-12H2,1H3. The lowest BCUT2D eigenvalue weighted by molar-refractivity contribution is 0.141. The van der Waals surface area contributed by atoms with Gasteiger partial charge >= 0.3 is 0 Å². The van der Waals surface area contributed by atoms with Gasteiger partial charge < -0.3 is 10.1 Å². The number of benzene rings is 1. The summed E-state index contributed by atoms with van der Waals surface area (Å²) in [4.78, 5) is 2.48. The average molecular weight is 266 g/mol. The molecule has 106 valence electrons. The van der Waals surface area contributed by atoms with Crippen molar-refractivity contribution >= 4 is 0 Å². The van der Waals surface area contributed by atoms with Gasteiger partial charge in [0.1, 0.15) is 18.2 Å². The normalized spacial score (nSPS) is 16.8. The maximum Gasteiger partial charge on any atom is 0.123 e. The van der Waals surface area contributed by atoms with Crippen LogP contribution in [0.15, 0.2) is 24.3 Å². The summed E-state index contributed by atoms with van der Waals surface area (Å²) in [6.45, 7) is 7.05. The molecule has 0 radical (unpaired) electrons. The molecule has 1 fully saturated rings. The summed E-state index contributed by atoms with van der Waals surface area (Å²) in [7, 11) is 0. The van der Waals surface area contributed by atoms with E-state index in [1.807, 2.05) is 0 Å². The Bertz CT molecular complexity index is 363. The number of hydrogen-bond acceptors (Lipinski definition) is 3.